The van der Waals surface area contributed by atoms with Gasteiger partial charge in [-0.05, 0) is 22.6 Å². The molecule has 0 aliphatic carbocycles. The lowest BCUT2D eigenvalue weighted by Gasteiger charge is -2.18. The average Bonchev–Trinajstić information content (AvgIpc) is 3.32. The fourth-order valence-electron chi connectivity index (χ4n) is 3.46. The molecule has 4 unspecified atom stereocenters. The molecule has 0 spiro atoms. The summed E-state index contributed by atoms with van der Waals surface area (Å²) in [6, 6.07) is 7.00. The first-order chi connectivity index (χ1) is 13.3. The number of ether oxygens (including phenoxy) is 3. The fraction of sp³-hybridized carbons (Fsp3) is 0.562. The highest BCUT2D eigenvalue weighted by Crippen LogP contribution is 2.36. The van der Waals surface area contributed by atoms with E-state index in [9.17, 15) is 8.42 Å². The van der Waals surface area contributed by atoms with E-state index in [1.54, 1.807) is 0 Å². The maximum atomic E-state index is 11.5. The standard InChI is InChI=1S/C16H22N6O5S/c1-21(2)10-5-4-6-11(7-10)27-16-17-19-20-22(16)13-9-26-14-12(8-25-15(13)14)18-28(3,23)24/h4-7,12-15,18H,8-9H2,1-3H3. The molecule has 2 aliphatic heterocycles. The number of anilines is 1. The van der Waals surface area contributed by atoms with E-state index in [4.69, 9.17) is 14.2 Å². The molecule has 4 atom stereocenters. The van der Waals surface area contributed by atoms with Crippen LogP contribution in [0.4, 0.5) is 5.69 Å². The molecule has 1 aromatic carbocycles. The zero-order chi connectivity index (χ0) is 19.9. The van der Waals surface area contributed by atoms with Gasteiger partial charge in [0.05, 0.1) is 25.5 Å². The van der Waals surface area contributed by atoms with Crippen molar-refractivity contribution in [3.63, 3.8) is 0 Å². The lowest BCUT2D eigenvalue weighted by Crippen LogP contribution is -2.43. The van der Waals surface area contributed by atoms with Crippen LogP contribution < -0.4 is 14.4 Å². The molecule has 2 saturated heterocycles. The second-order valence-electron chi connectivity index (χ2n) is 7.06. The number of tetrazole rings is 1. The van der Waals surface area contributed by atoms with Crippen molar-refractivity contribution in [1.82, 2.24) is 24.9 Å². The highest BCUT2D eigenvalue weighted by Gasteiger charge is 2.50. The van der Waals surface area contributed by atoms with Crippen molar-refractivity contribution in [2.45, 2.75) is 24.3 Å². The van der Waals surface area contributed by atoms with E-state index in [-0.39, 0.29) is 31.4 Å². The number of fused-ring (bicyclic) bond motifs is 1. The highest BCUT2D eigenvalue weighted by atomic mass is 32.2. The Kier molecular flexibility index (Phi) is 4.95. The summed E-state index contributed by atoms with van der Waals surface area (Å²) < 4.78 is 44.6. The Balaban J connectivity index is 1.52. The van der Waals surface area contributed by atoms with Crippen molar-refractivity contribution >= 4 is 15.7 Å². The molecule has 1 N–H and O–H groups in total. The van der Waals surface area contributed by atoms with Crippen LogP contribution in [0, 0.1) is 0 Å². The Labute approximate surface area is 162 Å². The quantitative estimate of drug-likeness (QED) is 0.689. The van der Waals surface area contributed by atoms with Gasteiger partial charge in [0.2, 0.25) is 10.0 Å². The third-order valence-corrected chi connectivity index (χ3v) is 5.44. The fourth-order valence-corrected chi connectivity index (χ4v) is 4.21. The number of rotatable bonds is 6. The van der Waals surface area contributed by atoms with Gasteiger partial charge >= 0.3 is 6.01 Å². The van der Waals surface area contributed by atoms with E-state index in [2.05, 4.69) is 20.2 Å². The first-order valence-electron chi connectivity index (χ1n) is 8.75. The molecular formula is C16H22N6O5S. The van der Waals surface area contributed by atoms with Crippen molar-refractivity contribution < 1.29 is 22.6 Å². The molecule has 2 aromatic rings. The summed E-state index contributed by atoms with van der Waals surface area (Å²) in [5.41, 5.74) is 0.981. The maximum absolute atomic E-state index is 11.5. The van der Waals surface area contributed by atoms with Crippen molar-refractivity contribution in [2.75, 3.05) is 38.5 Å². The number of sulfonamides is 1. The van der Waals surface area contributed by atoms with E-state index in [1.807, 2.05) is 43.3 Å². The molecule has 1 aromatic heterocycles. The summed E-state index contributed by atoms with van der Waals surface area (Å²) in [5.74, 6) is 0.599. The molecule has 152 valence electrons. The van der Waals surface area contributed by atoms with Gasteiger partial charge in [-0.25, -0.2) is 13.1 Å². The molecule has 0 bridgehead atoms. The molecule has 0 radical (unpaired) electrons. The first kappa shape index (κ1) is 19.1. The number of hydrogen-bond donors (Lipinski definition) is 1. The van der Waals surface area contributed by atoms with E-state index in [0.29, 0.717) is 5.75 Å². The third-order valence-electron chi connectivity index (χ3n) is 4.71. The van der Waals surface area contributed by atoms with Crippen LogP contribution in [0.2, 0.25) is 0 Å². The van der Waals surface area contributed by atoms with Gasteiger partial charge in [-0.15, -0.1) is 0 Å². The smallest absolute Gasteiger partial charge is 0.341 e. The van der Waals surface area contributed by atoms with Gasteiger partial charge in [-0.2, -0.15) is 4.68 Å². The van der Waals surface area contributed by atoms with Gasteiger partial charge < -0.3 is 19.1 Å². The third kappa shape index (κ3) is 3.81. The topological polar surface area (TPSA) is 121 Å². The summed E-state index contributed by atoms with van der Waals surface area (Å²) in [6.07, 6.45) is 0.328. The zero-order valence-corrected chi connectivity index (χ0v) is 16.5. The van der Waals surface area contributed by atoms with Gasteiger partial charge in [0.1, 0.15) is 24.0 Å². The molecule has 28 heavy (non-hydrogen) atoms. The molecular weight excluding hydrogens is 388 g/mol. The van der Waals surface area contributed by atoms with Gasteiger partial charge in [-0.3, -0.25) is 0 Å². The van der Waals surface area contributed by atoms with Crippen molar-refractivity contribution in [3.8, 4) is 11.8 Å². The summed E-state index contributed by atoms with van der Waals surface area (Å²) in [7, 11) is 0.521. The monoisotopic (exact) mass is 410 g/mol. The van der Waals surface area contributed by atoms with E-state index in [0.717, 1.165) is 11.9 Å². The van der Waals surface area contributed by atoms with E-state index in [1.165, 1.54) is 4.68 Å². The number of aromatic nitrogens is 4. The van der Waals surface area contributed by atoms with Crippen molar-refractivity contribution in [3.05, 3.63) is 24.3 Å². The Morgan fingerprint density at radius 3 is 2.79 bits per heavy atom. The Bertz CT molecular complexity index is 949. The molecule has 11 nitrogen and oxygen atoms in total. The van der Waals surface area contributed by atoms with Crippen LogP contribution in [0.15, 0.2) is 24.3 Å². The minimum atomic E-state index is -3.36. The van der Waals surface area contributed by atoms with Crippen molar-refractivity contribution in [1.29, 1.82) is 0 Å². The summed E-state index contributed by atoms with van der Waals surface area (Å²) in [6.45, 7) is 0.512. The van der Waals surface area contributed by atoms with Crippen LogP contribution in [0.25, 0.3) is 0 Å². The average molecular weight is 410 g/mol. The Morgan fingerprint density at radius 1 is 1.25 bits per heavy atom. The second kappa shape index (κ2) is 7.28. The second-order valence-corrected chi connectivity index (χ2v) is 8.84. The lowest BCUT2D eigenvalue weighted by molar-refractivity contribution is 0.0615. The maximum Gasteiger partial charge on any atom is 0.341 e. The number of nitrogens with one attached hydrogen (secondary N) is 1. The molecule has 0 saturated carbocycles. The van der Waals surface area contributed by atoms with E-state index < -0.39 is 22.2 Å². The molecule has 2 aliphatic rings. The highest BCUT2D eigenvalue weighted by molar-refractivity contribution is 7.88. The zero-order valence-electron chi connectivity index (χ0n) is 15.7. The van der Waals surface area contributed by atoms with Gasteiger partial charge in [-0.1, -0.05) is 11.2 Å². The van der Waals surface area contributed by atoms with Gasteiger partial charge in [0, 0.05) is 25.8 Å². The Hall–Kier alpha value is -2.28. The summed E-state index contributed by atoms with van der Waals surface area (Å²) >= 11 is 0. The molecule has 0 amide bonds. The normalized spacial score (nSPS) is 27.0. The minimum Gasteiger partial charge on any atom is -0.423 e. The summed E-state index contributed by atoms with van der Waals surface area (Å²) in [5, 5.41) is 11.7. The van der Waals surface area contributed by atoms with Crippen LogP contribution in [0.3, 0.4) is 0 Å². The molecule has 3 heterocycles. The van der Waals surface area contributed by atoms with Crippen LogP contribution in [0.5, 0.6) is 11.8 Å². The van der Waals surface area contributed by atoms with E-state index >= 15 is 0 Å². The largest absolute Gasteiger partial charge is 0.423 e. The predicted molar refractivity (Wildman–Crippen MR) is 98.9 cm³/mol. The van der Waals surface area contributed by atoms with Crippen molar-refractivity contribution in [2.24, 2.45) is 0 Å². The van der Waals surface area contributed by atoms with Gasteiger partial charge in [0.25, 0.3) is 0 Å². The predicted octanol–water partition coefficient (Wildman–Crippen LogP) is -0.212. The van der Waals surface area contributed by atoms with Crippen LogP contribution in [-0.4, -0.2) is 80.4 Å². The Morgan fingerprint density at radius 2 is 2.04 bits per heavy atom. The molecule has 12 heteroatoms. The molecule has 4 rings (SSSR count). The number of benzene rings is 1. The molecule has 2 fully saturated rings. The first-order valence-corrected chi connectivity index (χ1v) is 10.6. The SMILES string of the molecule is CN(C)c1cccc(Oc2nnnn2C2COC3C(NS(C)(=O)=O)COC32)c1. The minimum absolute atomic E-state index is 0.216. The van der Waals surface area contributed by atoms with Gasteiger partial charge in [0.15, 0.2) is 0 Å². The van der Waals surface area contributed by atoms with Crippen LogP contribution in [0.1, 0.15) is 6.04 Å². The number of hydrogen-bond acceptors (Lipinski definition) is 9. The number of nitrogens with zero attached hydrogens (tertiary/aromatic N) is 5. The van der Waals surface area contributed by atoms with Crippen LogP contribution in [-0.2, 0) is 19.5 Å². The summed E-state index contributed by atoms with van der Waals surface area (Å²) in [4.78, 5) is 1.96. The lowest BCUT2D eigenvalue weighted by atomic mass is 10.1. The van der Waals surface area contributed by atoms with Crippen LogP contribution >= 0.6 is 0 Å².